The van der Waals surface area contributed by atoms with Crippen LogP contribution >= 0.6 is 0 Å². The Morgan fingerprint density at radius 1 is 1.00 bits per heavy atom. The number of esters is 1. The molecule has 0 saturated heterocycles. The molecule has 1 aromatic carbocycles. The number of aliphatic carboxylic acids is 1. The normalized spacial score (nSPS) is 21.5. The summed E-state index contributed by atoms with van der Waals surface area (Å²) < 4.78 is 5.93. The minimum atomic E-state index is -0.800. The molecule has 0 unspecified atom stereocenters. The third kappa shape index (κ3) is 13.3. The van der Waals surface area contributed by atoms with Gasteiger partial charge in [0, 0.05) is 24.3 Å². The minimum Gasteiger partial charge on any atom is -0.481 e. The summed E-state index contributed by atoms with van der Waals surface area (Å²) in [6.07, 6.45) is 15.1. The minimum absolute atomic E-state index is 0.0576. The van der Waals surface area contributed by atoms with Crippen molar-refractivity contribution in [2.24, 2.45) is 11.8 Å². The number of benzene rings is 1. The van der Waals surface area contributed by atoms with Gasteiger partial charge in [0.1, 0.15) is 6.10 Å². The van der Waals surface area contributed by atoms with Crippen LogP contribution < -0.4 is 0 Å². The zero-order chi connectivity index (χ0) is 29.2. The second-order valence-corrected chi connectivity index (χ2v) is 11.4. The molecule has 6 nitrogen and oxygen atoms in total. The number of carbonyl (C=O) groups excluding carboxylic acids is 1. The number of hydrogen-bond acceptors (Lipinski definition) is 5. The Morgan fingerprint density at radius 2 is 1.73 bits per heavy atom. The number of aliphatic hydroxyl groups is 2. The van der Waals surface area contributed by atoms with Gasteiger partial charge in [0.15, 0.2) is 0 Å². The first-order valence-corrected chi connectivity index (χ1v) is 15.5. The molecule has 1 aromatic rings. The van der Waals surface area contributed by atoms with Crippen LogP contribution in [0.15, 0.2) is 54.6 Å². The van der Waals surface area contributed by atoms with Gasteiger partial charge < -0.3 is 20.1 Å². The second-order valence-electron chi connectivity index (χ2n) is 11.4. The largest absolute Gasteiger partial charge is 0.481 e. The average Bonchev–Trinajstić information content (AvgIpc) is 3.23. The van der Waals surface area contributed by atoms with Gasteiger partial charge in [0.05, 0.1) is 12.2 Å². The number of carboxylic acid groups (broad SMARTS) is 1. The zero-order valence-corrected chi connectivity index (χ0v) is 24.5. The maximum atomic E-state index is 12.9. The Balaban J connectivity index is 1.92. The van der Waals surface area contributed by atoms with Gasteiger partial charge in [-0.1, -0.05) is 88.1 Å². The maximum Gasteiger partial charge on any atom is 0.333 e. The van der Waals surface area contributed by atoms with E-state index in [2.05, 4.69) is 25.6 Å². The lowest BCUT2D eigenvalue weighted by molar-refractivity contribution is -0.146. The van der Waals surface area contributed by atoms with Crippen LogP contribution in [0.4, 0.5) is 0 Å². The molecule has 0 heterocycles. The quantitative estimate of drug-likeness (QED) is 0.0641. The zero-order valence-electron chi connectivity index (χ0n) is 24.5. The van der Waals surface area contributed by atoms with Gasteiger partial charge in [0.2, 0.25) is 0 Å². The SMILES string of the molecule is C=C(CCCCCCCC)C(=O)O[C@H]1C[C@@H](O)[C@H](CC[C@@H](O)CCc2ccccc2)[C@H]1C/C=C\CCCC(=O)O. The van der Waals surface area contributed by atoms with E-state index in [4.69, 9.17) is 9.84 Å². The Labute approximate surface area is 241 Å². The van der Waals surface area contributed by atoms with Crippen molar-refractivity contribution < 1.29 is 29.6 Å². The fourth-order valence-corrected chi connectivity index (χ4v) is 5.71. The van der Waals surface area contributed by atoms with Crippen molar-refractivity contribution in [2.75, 3.05) is 0 Å². The lowest BCUT2D eigenvalue weighted by Gasteiger charge is -2.25. The summed E-state index contributed by atoms with van der Waals surface area (Å²) in [6.45, 7) is 6.17. The predicted molar refractivity (Wildman–Crippen MR) is 160 cm³/mol. The van der Waals surface area contributed by atoms with Crippen molar-refractivity contribution >= 4 is 11.9 Å². The predicted octanol–water partition coefficient (Wildman–Crippen LogP) is 7.18. The molecular formula is C34H52O6. The van der Waals surface area contributed by atoms with Crippen LogP contribution in [0.1, 0.15) is 109 Å². The highest BCUT2D eigenvalue weighted by Crippen LogP contribution is 2.40. The summed E-state index contributed by atoms with van der Waals surface area (Å²) in [4.78, 5) is 23.6. The Kier molecular flexibility index (Phi) is 16.5. The van der Waals surface area contributed by atoms with Gasteiger partial charge in [-0.25, -0.2) is 4.79 Å². The van der Waals surface area contributed by atoms with Gasteiger partial charge in [-0.15, -0.1) is 0 Å². The van der Waals surface area contributed by atoms with Gasteiger partial charge in [0.25, 0.3) is 0 Å². The molecule has 1 aliphatic rings. The summed E-state index contributed by atoms with van der Waals surface area (Å²) in [7, 11) is 0. The molecule has 1 aliphatic carbocycles. The van der Waals surface area contributed by atoms with Gasteiger partial charge in [-0.2, -0.15) is 0 Å². The fraction of sp³-hybridized carbons (Fsp3) is 0.647. The number of ether oxygens (including phenoxy) is 1. The average molecular weight is 557 g/mol. The second kappa shape index (κ2) is 19.6. The molecule has 5 atom stereocenters. The number of carboxylic acids is 1. The molecule has 3 N–H and O–H groups in total. The van der Waals surface area contributed by atoms with Crippen LogP contribution in [0.25, 0.3) is 0 Å². The van der Waals surface area contributed by atoms with Crippen LogP contribution in [0.5, 0.6) is 0 Å². The van der Waals surface area contributed by atoms with E-state index in [0.29, 0.717) is 56.9 Å². The molecule has 0 aromatic heterocycles. The molecule has 0 bridgehead atoms. The molecule has 0 amide bonds. The first kappa shape index (κ1) is 33.8. The monoisotopic (exact) mass is 556 g/mol. The highest BCUT2D eigenvalue weighted by atomic mass is 16.5. The Morgan fingerprint density at radius 3 is 2.45 bits per heavy atom. The molecule has 0 radical (unpaired) electrons. The van der Waals surface area contributed by atoms with Gasteiger partial charge in [-0.05, 0) is 69.3 Å². The van der Waals surface area contributed by atoms with Crippen molar-refractivity contribution in [1.82, 2.24) is 0 Å². The Bertz CT molecular complexity index is 895. The van der Waals surface area contributed by atoms with Crippen molar-refractivity contribution in [3.05, 3.63) is 60.2 Å². The highest BCUT2D eigenvalue weighted by molar-refractivity contribution is 5.87. The van der Waals surface area contributed by atoms with Crippen molar-refractivity contribution in [3.8, 4) is 0 Å². The van der Waals surface area contributed by atoms with E-state index in [1.807, 2.05) is 30.4 Å². The van der Waals surface area contributed by atoms with E-state index in [9.17, 15) is 19.8 Å². The van der Waals surface area contributed by atoms with Gasteiger partial charge >= 0.3 is 11.9 Å². The van der Waals surface area contributed by atoms with Crippen LogP contribution in [0, 0.1) is 11.8 Å². The summed E-state index contributed by atoms with van der Waals surface area (Å²) in [5.41, 5.74) is 1.69. The summed E-state index contributed by atoms with van der Waals surface area (Å²) in [6, 6.07) is 10.1. The number of aryl methyl sites for hydroxylation is 1. The standard InChI is InChI=1S/C34H52O6/c1-3-4-5-6-7-11-16-26(2)34(39)40-32-25-31(36)29(30(32)19-14-8-9-15-20-33(37)38)24-23-28(35)22-21-27-17-12-10-13-18-27/h8,10,12-14,17-18,28-32,35-36H,2-7,9,11,15-16,19-25H2,1H3,(H,37,38)/b14-8-/t28-,29+,30+,31+,32-/m0/s1. The summed E-state index contributed by atoms with van der Waals surface area (Å²) in [5, 5.41) is 30.5. The lowest BCUT2D eigenvalue weighted by Crippen LogP contribution is -2.27. The molecule has 40 heavy (non-hydrogen) atoms. The van der Waals surface area contributed by atoms with E-state index in [1.54, 1.807) is 0 Å². The van der Waals surface area contributed by atoms with Crippen molar-refractivity contribution in [1.29, 1.82) is 0 Å². The number of unbranched alkanes of at least 4 members (excludes halogenated alkanes) is 6. The molecule has 224 valence electrons. The van der Waals surface area contributed by atoms with Crippen molar-refractivity contribution in [3.63, 3.8) is 0 Å². The van der Waals surface area contributed by atoms with E-state index in [1.165, 1.54) is 31.2 Å². The lowest BCUT2D eigenvalue weighted by atomic mass is 9.85. The smallest absolute Gasteiger partial charge is 0.333 e. The Hall–Kier alpha value is -2.44. The molecule has 0 aliphatic heterocycles. The van der Waals surface area contributed by atoms with Crippen LogP contribution in [0.3, 0.4) is 0 Å². The number of hydrogen-bond donors (Lipinski definition) is 3. The maximum absolute atomic E-state index is 12.9. The highest BCUT2D eigenvalue weighted by Gasteiger charge is 2.43. The van der Waals surface area contributed by atoms with Crippen molar-refractivity contribution in [2.45, 2.75) is 128 Å². The third-order valence-corrected chi connectivity index (χ3v) is 8.15. The van der Waals surface area contributed by atoms with Gasteiger partial charge in [-0.3, -0.25) is 4.79 Å². The topological polar surface area (TPSA) is 104 Å². The van der Waals surface area contributed by atoms with E-state index in [-0.39, 0.29) is 24.2 Å². The fourth-order valence-electron chi connectivity index (χ4n) is 5.71. The molecular weight excluding hydrogens is 504 g/mol. The molecule has 1 saturated carbocycles. The molecule has 1 fully saturated rings. The molecule has 2 rings (SSSR count). The molecule has 6 heteroatoms. The third-order valence-electron chi connectivity index (χ3n) is 8.15. The summed E-state index contributed by atoms with van der Waals surface area (Å²) >= 11 is 0. The van der Waals surface area contributed by atoms with Crippen LogP contribution in [0.2, 0.25) is 0 Å². The number of allylic oxidation sites excluding steroid dienone is 2. The first-order valence-electron chi connectivity index (χ1n) is 15.5. The van der Waals surface area contributed by atoms with E-state index < -0.39 is 24.3 Å². The number of aliphatic hydroxyl groups excluding tert-OH is 2. The van der Waals surface area contributed by atoms with Crippen LogP contribution in [-0.2, 0) is 20.7 Å². The first-order chi connectivity index (χ1) is 19.3. The summed E-state index contributed by atoms with van der Waals surface area (Å²) in [5.74, 6) is -1.31. The van der Waals surface area contributed by atoms with Crippen LogP contribution in [-0.4, -0.2) is 45.6 Å². The van der Waals surface area contributed by atoms with E-state index >= 15 is 0 Å². The molecule has 0 spiro atoms. The number of carbonyl (C=O) groups is 2. The van der Waals surface area contributed by atoms with E-state index in [0.717, 1.165) is 19.3 Å². The number of rotatable bonds is 21.